The fraction of sp³-hybridized carbons (Fsp3) is 0.938. The lowest BCUT2D eigenvalue weighted by atomic mass is 9.88. The van der Waals surface area contributed by atoms with Crippen LogP contribution >= 0.6 is 0 Å². The molecule has 0 heterocycles. The van der Waals surface area contributed by atoms with Crippen molar-refractivity contribution in [2.75, 3.05) is 19.4 Å². The third-order valence-corrected chi connectivity index (χ3v) is 7.27. The first kappa shape index (κ1) is 21.1. The Hall–Kier alpha value is -0.920. The molecular formula is C16H29F2NO4S. The molecular weight excluding hydrogens is 340 g/mol. The van der Waals surface area contributed by atoms with Gasteiger partial charge < -0.3 is 10.1 Å². The predicted molar refractivity (Wildman–Crippen MR) is 89.0 cm³/mol. The molecule has 8 heteroatoms. The van der Waals surface area contributed by atoms with Crippen molar-refractivity contribution >= 4 is 15.9 Å². The molecule has 0 aliphatic heterocycles. The highest BCUT2D eigenvalue weighted by Gasteiger charge is 2.40. The molecule has 0 aromatic rings. The van der Waals surface area contributed by atoms with E-state index in [0.717, 1.165) is 0 Å². The van der Waals surface area contributed by atoms with Gasteiger partial charge in [0.05, 0.1) is 17.6 Å². The van der Waals surface area contributed by atoms with Gasteiger partial charge in [0, 0.05) is 19.9 Å². The van der Waals surface area contributed by atoms with Crippen LogP contribution in [-0.2, 0) is 14.6 Å². The Morgan fingerprint density at radius 2 is 1.83 bits per heavy atom. The minimum atomic E-state index is -3.48. The fourth-order valence-electron chi connectivity index (χ4n) is 3.19. The molecule has 0 aromatic carbocycles. The molecule has 24 heavy (non-hydrogen) atoms. The second kappa shape index (κ2) is 7.97. The number of carbonyl (C=O) groups is 1. The summed E-state index contributed by atoms with van der Waals surface area (Å²) >= 11 is 0. The molecule has 1 aliphatic rings. The smallest absolute Gasteiger partial charge is 0.406 e. The molecule has 142 valence electrons. The summed E-state index contributed by atoms with van der Waals surface area (Å²) in [4.78, 5) is 11.1. The Balaban J connectivity index is 2.72. The summed E-state index contributed by atoms with van der Waals surface area (Å²) in [7, 11) is -2.05. The predicted octanol–water partition coefficient (Wildman–Crippen LogP) is 3.39. The Kier molecular flexibility index (Phi) is 7.02. The normalized spacial score (nSPS) is 20.4. The zero-order chi connectivity index (χ0) is 18.6. The van der Waals surface area contributed by atoms with Crippen LogP contribution in [0.4, 0.5) is 13.6 Å². The van der Waals surface area contributed by atoms with E-state index in [1.54, 1.807) is 0 Å². The Labute approximate surface area is 143 Å². The maximum Gasteiger partial charge on any atom is 0.406 e. The van der Waals surface area contributed by atoms with Crippen molar-refractivity contribution in [1.29, 1.82) is 0 Å². The summed E-state index contributed by atoms with van der Waals surface area (Å²) in [6, 6.07) is 0. The van der Waals surface area contributed by atoms with Crippen molar-refractivity contribution < 1.29 is 26.7 Å². The first-order chi connectivity index (χ1) is 10.9. The van der Waals surface area contributed by atoms with Crippen LogP contribution in [0, 0.1) is 11.3 Å². The molecule has 0 bridgehead atoms. The van der Waals surface area contributed by atoms with Gasteiger partial charge in [-0.25, -0.2) is 22.0 Å². The summed E-state index contributed by atoms with van der Waals surface area (Å²) in [5.74, 6) is -2.96. The highest BCUT2D eigenvalue weighted by atomic mass is 32.2. The minimum Gasteiger partial charge on any atom is -0.450 e. The summed E-state index contributed by atoms with van der Waals surface area (Å²) in [5, 5.41) is 1.62. The van der Waals surface area contributed by atoms with E-state index in [1.165, 1.54) is 7.05 Å². The topological polar surface area (TPSA) is 72.5 Å². The fourth-order valence-corrected chi connectivity index (χ4v) is 5.95. The van der Waals surface area contributed by atoms with Crippen molar-refractivity contribution in [2.45, 2.75) is 64.0 Å². The van der Waals surface area contributed by atoms with Crippen molar-refractivity contribution in [3.63, 3.8) is 0 Å². The zero-order valence-corrected chi connectivity index (χ0v) is 15.7. The maximum absolute atomic E-state index is 13.2. The number of halogens is 2. The van der Waals surface area contributed by atoms with Crippen molar-refractivity contribution in [1.82, 2.24) is 5.32 Å². The molecule has 0 spiro atoms. The molecule has 1 rings (SSSR count). The van der Waals surface area contributed by atoms with E-state index in [9.17, 15) is 22.0 Å². The highest BCUT2D eigenvalue weighted by Crippen LogP contribution is 2.38. The number of alkyl carbamates (subject to hydrolysis) is 1. The van der Waals surface area contributed by atoms with E-state index in [0.29, 0.717) is 0 Å². The third-order valence-electron chi connectivity index (χ3n) is 4.52. The Morgan fingerprint density at radius 3 is 2.29 bits per heavy atom. The van der Waals surface area contributed by atoms with E-state index in [2.05, 4.69) is 5.32 Å². The molecule has 1 unspecified atom stereocenters. The lowest BCUT2D eigenvalue weighted by Gasteiger charge is -2.33. The number of sulfone groups is 1. The Bertz CT molecular complexity index is 519. The number of hydrogen-bond acceptors (Lipinski definition) is 4. The van der Waals surface area contributed by atoms with Gasteiger partial charge in [-0.15, -0.1) is 0 Å². The van der Waals surface area contributed by atoms with Gasteiger partial charge >= 0.3 is 6.09 Å². The summed E-state index contributed by atoms with van der Waals surface area (Å²) in [6.07, 6.45) is -0.424. The average Bonchev–Trinajstić information content (AvgIpc) is 2.43. The number of carbonyl (C=O) groups excluding carboxylic acids is 1. The van der Waals surface area contributed by atoms with E-state index >= 15 is 0 Å². The SMILES string of the molecule is CNC(=O)OCCC(C(C)(C)C)S(=O)(=O)CC1CCC(F)(F)CC1. The number of rotatable bonds is 6. The molecule has 1 amide bonds. The Morgan fingerprint density at radius 1 is 1.29 bits per heavy atom. The standard InChI is InChI=1S/C16H29F2NO4S/c1-15(2,3)13(7-10-23-14(20)19-4)24(21,22)11-12-5-8-16(17,18)9-6-12/h12-13H,5-11H2,1-4H3,(H,19,20). The molecule has 0 aromatic heterocycles. The lowest BCUT2D eigenvalue weighted by Crippen LogP contribution is -2.40. The van der Waals surface area contributed by atoms with Gasteiger partial charge in [0.15, 0.2) is 9.84 Å². The maximum atomic E-state index is 13.2. The first-order valence-corrected chi connectivity index (χ1v) is 10.0. The monoisotopic (exact) mass is 369 g/mol. The van der Waals surface area contributed by atoms with Crippen LogP contribution in [-0.4, -0.2) is 45.1 Å². The number of hydrogen-bond donors (Lipinski definition) is 1. The van der Waals surface area contributed by atoms with Crippen LogP contribution in [0.2, 0.25) is 0 Å². The van der Waals surface area contributed by atoms with Crippen LogP contribution in [0.3, 0.4) is 0 Å². The molecule has 0 radical (unpaired) electrons. The second-order valence-corrected chi connectivity index (χ2v) is 9.89. The molecule has 1 saturated carbocycles. The number of nitrogens with one attached hydrogen (secondary N) is 1. The van der Waals surface area contributed by atoms with E-state index in [-0.39, 0.29) is 50.4 Å². The van der Waals surface area contributed by atoms with Crippen LogP contribution in [0.5, 0.6) is 0 Å². The second-order valence-electron chi connectivity index (χ2n) is 7.66. The molecule has 1 atom stereocenters. The molecule has 1 N–H and O–H groups in total. The molecule has 5 nitrogen and oxygen atoms in total. The van der Waals surface area contributed by atoms with Gasteiger partial charge in [0.1, 0.15) is 0 Å². The summed E-state index contributed by atoms with van der Waals surface area (Å²) in [5.41, 5.74) is -0.524. The summed E-state index contributed by atoms with van der Waals surface area (Å²) < 4.78 is 57.0. The van der Waals surface area contributed by atoms with Gasteiger partial charge in [-0.3, -0.25) is 0 Å². The highest BCUT2D eigenvalue weighted by molar-refractivity contribution is 7.92. The molecule has 0 saturated heterocycles. The first-order valence-electron chi connectivity index (χ1n) is 8.31. The van der Waals surface area contributed by atoms with Gasteiger partial charge in [0.2, 0.25) is 5.92 Å². The van der Waals surface area contributed by atoms with E-state index in [4.69, 9.17) is 4.74 Å². The van der Waals surface area contributed by atoms with Crippen molar-refractivity contribution in [2.24, 2.45) is 11.3 Å². The molecule has 1 aliphatic carbocycles. The van der Waals surface area contributed by atoms with Crippen molar-refractivity contribution in [3.8, 4) is 0 Å². The number of amides is 1. The van der Waals surface area contributed by atoms with Gasteiger partial charge in [0.25, 0.3) is 0 Å². The lowest BCUT2D eigenvalue weighted by molar-refractivity contribution is -0.0435. The molecule has 1 fully saturated rings. The van der Waals surface area contributed by atoms with E-state index in [1.807, 2.05) is 20.8 Å². The number of ether oxygens (including phenoxy) is 1. The largest absolute Gasteiger partial charge is 0.450 e. The van der Waals surface area contributed by atoms with Gasteiger partial charge in [-0.1, -0.05) is 20.8 Å². The van der Waals surface area contributed by atoms with Gasteiger partial charge in [-0.2, -0.15) is 0 Å². The third kappa shape index (κ3) is 6.53. The number of alkyl halides is 2. The average molecular weight is 369 g/mol. The van der Waals surface area contributed by atoms with Crippen LogP contribution in [0.1, 0.15) is 52.9 Å². The zero-order valence-electron chi connectivity index (χ0n) is 14.9. The van der Waals surface area contributed by atoms with Gasteiger partial charge in [-0.05, 0) is 30.6 Å². The minimum absolute atomic E-state index is 0.00355. The summed E-state index contributed by atoms with van der Waals surface area (Å²) in [6.45, 7) is 5.47. The van der Waals surface area contributed by atoms with Crippen LogP contribution in [0.15, 0.2) is 0 Å². The van der Waals surface area contributed by atoms with Crippen LogP contribution in [0.25, 0.3) is 0 Å². The van der Waals surface area contributed by atoms with Crippen LogP contribution < -0.4 is 5.32 Å². The quantitative estimate of drug-likeness (QED) is 0.779. The van der Waals surface area contributed by atoms with E-state index < -0.39 is 32.5 Å². The van der Waals surface area contributed by atoms with Crippen molar-refractivity contribution in [3.05, 3.63) is 0 Å².